The topological polar surface area (TPSA) is 53.7 Å². The highest BCUT2D eigenvalue weighted by molar-refractivity contribution is 5.53. The molecule has 2 N–H and O–H groups in total. The molecule has 0 aromatic heterocycles. The minimum absolute atomic E-state index is 0.141. The zero-order valence-electron chi connectivity index (χ0n) is 12.5. The van der Waals surface area contributed by atoms with E-state index in [1.807, 2.05) is 12.1 Å². The van der Waals surface area contributed by atoms with E-state index < -0.39 is 0 Å². The van der Waals surface area contributed by atoms with Crippen LogP contribution >= 0.6 is 0 Å². The molecule has 1 aromatic rings. The maximum atomic E-state index is 6.15. The molecular weight excluding hydrogens is 242 g/mol. The van der Waals surface area contributed by atoms with Crippen LogP contribution in [0.5, 0.6) is 17.2 Å². The number of hydrogen-bond acceptors (Lipinski definition) is 4. The fourth-order valence-electron chi connectivity index (χ4n) is 2.24. The molecule has 0 aliphatic rings. The van der Waals surface area contributed by atoms with Crippen LogP contribution in [0.25, 0.3) is 0 Å². The van der Waals surface area contributed by atoms with Crippen molar-refractivity contribution >= 4 is 0 Å². The minimum Gasteiger partial charge on any atom is -0.493 e. The zero-order chi connectivity index (χ0) is 14.4. The van der Waals surface area contributed by atoms with Gasteiger partial charge < -0.3 is 19.9 Å². The van der Waals surface area contributed by atoms with Gasteiger partial charge in [0, 0.05) is 6.04 Å². The lowest BCUT2D eigenvalue weighted by molar-refractivity contribution is 0.323. The third-order valence-corrected chi connectivity index (χ3v) is 3.00. The van der Waals surface area contributed by atoms with E-state index in [0.717, 1.165) is 18.4 Å². The highest BCUT2D eigenvalue weighted by Gasteiger charge is 2.15. The van der Waals surface area contributed by atoms with Gasteiger partial charge in [0.25, 0.3) is 0 Å². The summed E-state index contributed by atoms with van der Waals surface area (Å²) in [5.74, 6) is 2.56. The minimum atomic E-state index is 0.141. The molecular formula is C15H25NO3. The molecule has 0 saturated heterocycles. The summed E-state index contributed by atoms with van der Waals surface area (Å²) in [6.07, 6.45) is 1.80. The molecule has 0 saturated carbocycles. The van der Waals surface area contributed by atoms with E-state index in [4.69, 9.17) is 19.9 Å². The number of rotatable bonds is 7. The quantitative estimate of drug-likeness (QED) is 0.825. The Bertz CT molecular complexity index is 379. The first kappa shape index (κ1) is 15.6. The van der Waals surface area contributed by atoms with E-state index in [-0.39, 0.29) is 6.04 Å². The van der Waals surface area contributed by atoms with Gasteiger partial charge in [0.2, 0.25) is 5.75 Å². The fourth-order valence-corrected chi connectivity index (χ4v) is 2.24. The highest BCUT2D eigenvalue weighted by atomic mass is 16.5. The first-order valence-corrected chi connectivity index (χ1v) is 6.56. The Hall–Kier alpha value is -1.42. The number of benzene rings is 1. The van der Waals surface area contributed by atoms with Gasteiger partial charge in [-0.25, -0.2) is 0 Å². The summed E-state index contributed by atoms with van der Waals surface area (Å²) >= 11 is 0. The van der Waals surface area contributed by atoms with Crippen LogP contribution in [0.15, 0.2) is 12.1 Å². The van der Waals surface area contributed by atoms with Gasteiger partial charge in [-0.2, -0.15) is 0 Å². The second-order valence-corrected chi connectivity index (χ2v) is 5.13. The molecule has 0 radical (unpaired) electrons. The van der Waals surface area contributed by atoms with Crippen molar-refractivity contribution < 1.29 is 14.2 Å². The molecule has 4 heteroatoms. The van der Waals surface area contributed by atoms with Crippen molar-refractivity contribution in [2.24, 2.45) is 11.7 Å². The van der Waals surface area contributed by atoms with Gasteiger partial charge in [0.05, 0.1) is 21.3 Å². The SMILES string of the molecule is COc1cc(CC(N)CC(C)C)cc(OC)c1OC. The van der Waals surface area contributed by atoms with Crippen LogP contribution in [0, 0.1) is 5.92 Å². The number of ether oxygens (including phenoxy) is 3. The molecule has 1 unspecified atom stereocenters. The second-order valence-electron chi connectivity index (χ2n) is 5.13. The molecule has 0 amide bonds. The number of methoxy groups -OCH3 is 3. The summed E-state index contributed by atoms with van der Waals surface area (Å²) in [7, 11) is 4.84. The van der Waals surface area contributed by atoms with Crippen molar-refractivity contribution in [1.29, 1.82) is 0 Å². The summed E-state index contributed by atoms with van der Waals surface area (Å²) in [5.41, 5.74) is 7.25. The van der Waals surface area contributed by atoms with Crippen LogP contribution in [0.3, 0.4) is 0 Å². The molecule has 0 aliphatic carbocycles. The van der Waals surface area contributed by atoms with Gasteiger partial charge >= 0.3 is 0 Å². The van der Waals surface area contributed by atoms with Crippen LogP contribution in [0.4, 0.5) is 0 Å². The van der Waals surface area contributed by atoms with Crippen LogP contribution < -0.4 is 19.9 Å². The lowest BCUT2D eigenvalue weighted by Crippen LogP contribution is -2.24. The largest absolute Gasteiger partial charge is 0.493 e. The van der Waals surface area contributed by atoms with Crippen LogP contribution in [0.1, 0.15) is 25.8 Å². The Kier molecular flexibility index (Phi) is 5.96. The maximum Gasteiger partial charge on any atom is 0.203 e. The standard InChI is InChI=1S/C15H25NO3/c1-10(2)6-12(16)7-11-8-13(17-3)15(19-5)14(9-11)18-4/h8-10,12H,6-7,16H2,1-5H3. The third kappa shape index (κ3) is 4.31. The van der Waals surface area contributed by atoms with E-state index in [1.54, 1.807) is 21.3 Å². The van der Waals surface area contributed by atoms with Crippen LogP contribution in [-0.2, 0) is 6.42 Å². The predicted octanol–water partition coefficient (Wildman–Crippen LogP) is 2.63. The smallest absolute Gasteiger partial charge is 0.203 e. The van der Waals surface area contributed by atoms with Gasteiger partial charge in [0.1, 0.15) is 0 Å². The van der Waals surface area contributed by atoms with Crippen LogP contribution in [-0.4, -0.2) is 27.4 Å². The molecule has 0 spiro atoms. The average Bonchev–Trinajstić information content (AvgIpc) is 2.36. The van der Waals surface area contributed by atoms with Crippen molar-refractivity contribution in [3.8, 4) is 17.2 Å². The summed E-state index contributed by atoms with van der Waals surface area (Å²) in [4.78, 5) is 0. The number of hydrogen-bond donors (Lipinski definition) is 1. The Labute approximate surface area is 115 Å². The van der Waals surface area contributed by atoms with Crippen molar-refractivity contribution in [2.75, 3.05) is 21.3 Å². The molecule has 1 rings (SSSR count). The summed E-state index contributed by atoms with van der Waals surface area (Å²) in [6.45, 7) is 4.35. The summed E-state index contributed by atoms with van der Waals surface area (Å²) in [6, 6.07) is 4.06. The third-order valence-electron chi connectivity index (χ3n) is 3.00. The van der Waals surface area contributed by atoms with E-state index >= 15 is 0 Å². The Balaban J connectivity index is 2.96. The predicted molar refractivity (Wildman–Crippen MR) is 77.2 cm³/mol. The van der Waals surface area contributed by atoms with E-state index in [0.29, 0.717) is 23.2 Å². The summed E-state index contributed by atoms with van der Waals surface area (Å²) < 4.78 is 16.0. The first-order chi connectivity index (χ1) is 9.01. The molecule has 108 valence electrons. The molecule has 1 atom stereocenters. The highest BCUT2D eigenvalue weighted by Crippen LogP contribution is 2.38. The van der Waals surface area contributed by atoms with Crippen LogP contribution in [0.2, 0.25) is 0 Å². The van der Waals surface area contributed by atoms with Crippen molar-refractivity contribution in [2.45, 2.75) is 32.7 Å². The Morgan fingerprint density at radius 2 is 1.53 bits per heavy atom. The lowest BCUT2D eigenvalue weighted by atomic mass is 9.97. The lowest BCUT2D eigenvalue weighted by Gasteiger charge is -2.17. The van der Waals surface area contributed by atoms with Crippen molar-refractivity contribution in [1.82, 2.24) is 0 Å². The molecule has 0 aliphatic heterocycles. The Morgan fingerprint density at radius 1 is 1.00 bits per heavy atom. The fraction of sp³-hybridized carbons (Fsp3) is 0.600. The van der Waals surface area contributed by atoms with Gasteiger partial charge in [-0.1, -0.05) is 13.8 Å². The normalized spacial score (nSPS) is 12.4. The monoisotopic (exact) mass is 267 g/mol. The molecule has 0 fully saturated rings. The van der Waals surface area contributed by atoms with Gasteiger partial charge in [-0.05, 0) is 36.5 Å². The van der Waals surface area contributed by atoms with Gasteiger partial charge in [-0.3, -0.25) is 0 Å². The second kappa shape index (κ2) is 7.24. The number of nitrogens with two attached hydrogens (primary N) is 1. The summed E-state index contributed by atoms with van der Waals surface area (Å²) in [5, 5.41) is 0. The average molecular weight is 267 g/mol. The van der Waals surface area contributed by atoms with E-state index in [9.17, 15) is 0 Å². The Morgan fingerprint density at radius 3 is 1.89 bits per heavy atom. The first-order valence-electron chi connectivity index (χ1n) is 6.56. The van der Waals surface area contributed by atoms with E-state index in [1.165, 1.54) is 0 Å². The molecule has 0 bridgehead atoms. The molecule has 1 aromatic carbocycles. The van der Waals surface area contributed by atoms with Crippen molar-refractivity contribution in [3.63, 3.8) is 0 Å². The van der Waals surface area contributed by atoms with Gasteiger partial charge in [-0.15, -0.1) is 0 Å². The van der Waals surface area contributed by atoms with Crippen molar-refractivity contribution in [3.05, 3.63) is 17.7 Å². The van der Waals surface area contributed by atoms with Gasteiger partial charge in [0.15, 0.2) is 11.5 Å². The van der Waals surface area contributed by atoms with E-state index in [2.05, 4.69) is 13.8 Å². The molecule has 0 heterocycles. The molecule has 4 nitrogen and oxygen atoms in total. The zero-order valence-corrected chi connectivity index (χ0v) is 12.5. The molecule has 19 heavy (non-hydrogen) atoms. The maximum absolute atomic E-state index is 6.15.